The number of rotatable bonds is 6. The minimum absolute atomic E-state index is 0.0539. The van der Waals surface area contributed by atoms with Crippen LogP contribution in [0.3, 0.4) is 0 Å². The number of carbonyl (C=O) groups is 1. The highest BCUT2D eigenvalue weighted by Gasteiger charge is 2.24. The van der Waals surface area contributed by atoms with Gasteiger partial charge in [-0.15, -0.1) is 0 Å². The van der Waals surface area contributed by atoms with E-state index >= 15 is 0 Å². The molecule has 0 aliphatic carbocycles. The lowest BCUT2D eigenvalue weighted by atomic mass is 10.0. The number of imidazole rings is 1. The molecule has 1 fully saturated rings. The SMILES string of the molecule is C[C@H](C(=O)NC[C@H]1CCCCN1Cc1ccccc1)n1ccnc1. The van der Waals surface area contributed by atoms with Crippen molar-refractivity contribution in [2.75, 3.05) is 13.1 Å². The maximum absolute atomic E-state index is 12.4. The molecular formula is C19H26N4O. The standard InChI is InChI=1S/C19H26N4O/c1-16(23-12-10-20-15-23)19(24)21-13-18-9-5-6-11-22(18)14-17-7-3-2-4-8-17/h2-4,7-8,10,12,15-16,18H,5-6,9,11,13-14H2,1H3,(H,21,24)/t16-,18-/m1/s1. The molecule has 1 aliphatic rings. The van der Waals surface area contributed by atoms with Crippen molar-refractivity contribution in [3.05, 3.63) is 54.6 Å². The van der Waals surface area contributed by atoms with Crippen LogP contribution in [0.2, 0.25) is 0 Å². The van der Waals surface area contributed by atoms with Gasteiger partial charge >= 0.3 is 0 Å². The lowest BCUT2D eigenvalue weighted by Gasteiger charge is -2.36. The second-order valence-electron chi connectivity index (χ2n) is 6.54. The predicted octanol–water partition coefficient (Wildman–Crippen LogP) is 2.62. The molecular weight excluding hydrogens is 300 g/mol. The van der Waals surface area contributed by atoms with Gasteiger partial charge in [0.1, 0.15) is 6.04 Å². The number of benzene rings is 1. The van der Waals surface area contributed by atoms with Gasteiger partial charge in [-0.1, -0.05) is 36.8 Å². The summed E-state index contributed by atoms with van der Waals surface area (Å²) in [6, 6.07) is 10.8. The van der Waals surface area contributed by atoms with Crippen molar-refractivity contribution in [3.8, 4) is 0 Å². The molecule has 0 bridgehead atoms. The highest BCUT2D eigenvalue weighted by atomic mass is 16.2. The van der Waals surface area contributed by atoms with Gasteiger partial charge < -0.3 is 9.88 Å². The summed E-state index contributed by atoms with van der Waals surface area (Å²) in [6.07, 6.45) is 8.84. The van der Waals surface area contributed by atoms with E-state index in [0.717, 1.165) is 19.5 Å². The van der Waals surface area contributed by atoms with E-state index in [1.165, 1.54) is 18.4 Å². The molecule has 0 saturated carbocycles. The normalized spacial score (nSPS) is 19.8. The maximum Gasteiger partial charge on any atom is 0.242 e. The van der Waals surface area contributed by atoms with Gasteiger partial charge in [-0.05, 0) is 31.9 Å². The van der Waals surface area contributed by atoms with Crippen LogP contribution in [-0.2, 0) is 11.3 Å². The number of aromatic nitrogens is 2. The van der Waals surface area contributed by atoms with Gasteiger partial charge in [0.15, 0.2) is 0 Å². The Kier molecular flexibility index (Phi) is 5.64. The Hall–Kier alpha value is -2.14. The van der Waals surface area contributed by atoms with Gasteiger partial charge in [0.25, 0.3) is 0 Å². The number of hydrogen-bond donors (Lipinski definition) is 1. The molecule has 0 spiro atoms. The molecule has 2 aromatic rings. The largest absolute Gasteiger partial charge is 0.353 e. The Morgan fingerprint density at radius 1 is 1.33 bits per heavy atom. The molecule has 128 valence electrons. The third-order valence-corrected chi connectivity index (χ3v) is 4.84. The Morgan fingerprint density at radius 2 is 2.17 bits per heavy atom. The van der Waals surface area contributed by atoms with Gasteiger partial charge in [0, 0.05) is 31.5 Å². The highest BCUT2D eigenvalue weighted by molar-refractivity contribution is 5.79. The fourth-order valence-electron chi connectivity index (χ4n) is 3.32. The van der Waals surface area contributed by atoms with E-state index in [2.05, 4.69) is 45.5 Å². The van der Waals surface area contributed by atoms with E-state index in [1.54, 1.807) is 12.5 Å². The summed E-state index contributed by atoms with van der Waals surface area (Å²) in [5, 5.41) is 3.13. The van der Waals surface area contributed by atoms with E-state index in [9.17, 15) is 4.79 Å². The number of carbonyl (C=O) groups excluding carboxylic acids is 1. The first kappa shape index (κ1) is 16.7. The first-order valence-electron chi connectivity index (χ1n) is 8.77. The summed E-state index contributed by atoms with van der Waals surface area (Å²) in [5.74, 6) is 0.0539. The van der Waals surface area contributed by atoms with Gasteiger partial charge in [-0.25, -0.2) is 4.98 Å². The fourth-order valence-corrected chi connectivity index (χ4v) is 3.32. The summed E-state index contributed by atoms with van der Waals surface area (Å²) in [4.78, 5) is 18.9. The highest BCUT2D eigenvalue weighted by Crippen LogP contribution is 2.19. The summed E-state index contributed by atoms with van der Waals surface area (Å²) >= 11 is 0. The van der Waals surface area contributed by atoms with Crippen LogP contribution in [0, 0.1) is 0 Å². The maximum atomic E-state index is 12.4. The zero-order chi connectivity index (χ0) is 16.8. The second kappa shape index (κ2) is 8.11. The summed E-state index contributed by atoms with van der Waals surface area (Å²) < 4.78 is 1.83. The van der Waals surface area contributed by atoms with E-state index in [-0.39, 0.29) is 11.9 Å². The molecule has 5 nitrogen and oxygen atoms in total. The number of hydrogen-bond acceptors (Lipinski definition) is 3. The third-order valence-electron chi connectivity index (χ3n) is 4.84. The molecule has 1 saturated heterocycles. The van der Waals surface area contributed by atoms with Crippen molar-refractivity contribution < 1.29 is 4.79 Å². The van der Waals surface area contributed by atoms with Crippen LogP contribution in [0.4, 0.5) is 0 Å². The zero-order valence-electron chi connectivity index (χ0n) is 14.3. The molecule has 3 rings (SSSR count). The van der Waals surface area contributed by atoms with Crippen LogP contribution in [0.1, 0.15) is 37.8 Å². The van der Waals surface area contributed by atoms with Gasteiger partial charge in [0.05, 0.1) is 6.33 Å². The molecule has 0 radical (unpaired) electrons. The monoisotopic (exact) mass is 326 g/mol. The van der Waals surface area contributed by atoms with Crippen LogP contribution in [0.5, 0.6) is 0 Å². The van der Waals surface area contributed by atoms with Crippen molar-refractivity contribution in [2.24, 2.45) is 0 Å². The molecule has 1 amide bonds. The molecule has 5 heteroatoms. The lowest BCUT2D eigenvalue weighted by Crippen LogP contribution is -2.47. The molecule has 1 aliphatic heterocycles. The van der Waals surface area contributed by atoms with Gasteiger partial charge in [-0.2, -0.15) is 0 Å². The number of amides is 1. The van der Waals surface area contributed by atoms with Crippen molar-refractivity contribution in [1.82, 2.24) is 19.8 Å². The number of nitrogens with zero attached hydrogens (tertiary/aromatic N) is 3. The Morgan fingerprint density at radius 3 is 2.92 bits per heavy atom. The smallest absolute Gasteiger partial charge is 0.242 e. The number of nitrogens with one attached hydrogen (secondary N) is 1. The first-order valence-corrected chi connectivity index (χ1v) is 8.77. The van der Waals surface area contributed by atoms with Crippen molar-refractivity contribution in [2.45, 2.75) is 44.8 Å². The molecule has 2 heterocycles. The third kappa shape index (κ3) is 4.23. The van der Waals surface area contributed by atoms with E-state index < -0.39 is 0 Å². The summed E-state index contributed by atoms with van der Waals surface area (Å²) in [5.41, 5.74) is 1.34. The molecule has 24 heavy (non-hydrogen) atoms. The van der Waals surface area contributed by atoms with Gasteiger partial charge in [-0.3, -0.25) is 9.69 Å². The minimum Gasteiger partial charge on any atom is -0.353 e. The van der Waals surface area contributed by atoms with Crippen molar-refractivity contribution in [3.63, 3.8) is 0 Å². The predicted molar refractivity (Wildman–Crippen MR) is 94.4 cm³/mol. The fraction of sp³-hybridized carbons (Fsp3) is 0.474. The number of likely N-dealkylation sites (tertiary alicyclic amines) is 1. The molecule has 1 aromatic carbocycles. The molecule has 2 atom stereocenters. The van der Waals surface area contributed by atoms with Crippen LogP contribution >= 0.6 is 0 Å². The van der Waals surface area contributed by atoms with Gasteiger partial charge in [0.2, 0.25) is 5.91 Å². The molecule has 1 aromatic heterocycles. The Labute approximate surface area is 143 Å². The topological polar surface area (TPSA) is 50.2 Å². The quantitative estimate of drug-likeness (QED) is 0.888. The van der Waals surface area contributed by atoms with Crippen molar-refractivity contribution >= 4 is 5.91 Å². The molecule has 0 unspecified atom stereocenters. The Bertz CT molecular complexity index is 626. The van der Waals surface area contributed by atoms with Crippen molar-refractivity contribution in [1.29, 1.82) is 0 Å². The lowest BCUT2D eigenvalue weighted by molar-refractivity contribution is -0.124. The van der Waals surface area contributed by atoms with E-state index in [0.29, 0.717) is 12.6 Å². The zero-order valence-corrected chi connectivity index (χ0v) is 14.3. The van der Waals surface area contributed by atoms with E-state index in [4.69, 9.17) is 0 Å². The summed E-state index contributed by atoms with van der Waals surface area (Å²) in [7, 11) is 0. The van der Waals surface area contributed by atoms with Crippen LogP contribution < -0.4 is 5.32 Å². The van der Waals surface area contributed by atoms with Crippen LogP contribution in [0.15, 0.2) is 49.1 Å². The molecule has 1 N–H and O–H groups in total. The number of piperidine rings is 1. The van der Waals surface area contributed by atoms with Crippen LogP contribution in [-0.4, -0.2) is 39.5 Å². The average molecular weight is 326 g/mol. The first-order chi connectivity index (χ1) is 11.7. The van der Waals surface area contributed by atoms with Crippen LogP contribution in [0.25, 0.3) is 0 Å². The van der Waals surface area contributed by atoms with E-state index in [1.807, 2.05) is 17.7 Å². The second-order valence-corrected chi connectivity index (χ2v) is 6.54. The Balaban J connectivity index is 1.55. The average Bonchev–Trinajstić information content (AvgIpc) is 3.15. The summed E-state index contributed by atoms with van der Waals surface area (Å²) in [6.45, 7) is 4.68. The minimum atomic E-state index is -0.223.